The van der Waals surface area contributed by atoms with Crippen molar-refractivity contribution < 1.29 is 14.7 Å². The third-order valence-electron chi connectivity index (χ3n) is 4.92. The number of aliphatic hydroxyl groups excluding tert-OH is 1. The van der Waals surface area contributed by atoms with Crippen LogP contribution < -0.4 is 10.6 Å². The van der Waals surface area contributed by atoms with Crippen LogP contribution in [-0.2, 0) is 23.2 Å². The molecule has 0 aliphatic carbocycles. The Morgan fingerprint density at radius 1 is 1.00 bits per heavy atom. The van der Waals surface area contributed by atoms with Crippen LogP contribution in [-0.4, -0.2) is 36.8 Å². The van der Waals surface area contributed by atoms with Crippen LogP contribution in [0.4, 0.5) is 0 Å². The van der Waals surface area contributed by atoms with Crippen molar-refractivity contribution >= 4 is 24.5 Å². The number of rotatable bonds is 8. The number of nitrogens with one attached hydrogen (secondary N) is 2. The van der Waals surface area contributed by atoms with Gasteiger partial charge >= 0.3 is 0 Å². The molecule has 3 N–H and O–H groups in total. The average molecular weight is 442 g/mol. The second-order valence-electron chi connectivity index (χ2n) is 7.27. The summed E-state index contributed by atoms with van der Waals surface area (Å²) in [7, 11) is 3.98. The van der Waals surface area contributed by atoms with Crippen molar-refractivity contribution in [2.75, 3.05) is 13.6 Å². The number of unbranched alkanes of at least 4 members (excludes halogenated alkanes) is 2. The van der Waals surface area contributed by atoms with Crippen molar-refractivity contribution in [2.45, 2.75) is 45.9 Å². The Hall–Kier alpha value is -2.80. The highest BCUT2D eigenvalue weighted by Crippen LogP contribution is 2.22. The zero-order valence-electron chi connectivity index (χ0n) is 19.9. The predicted molar refractivity (Wildman–Crippen MR) is 134 cm³/mol. The van der Waals surface area contributed by atoms with Gasteiger partial charge in [0.1, 0.15) is 19.8 Å². The first-order valence-electron chi connectivity index (χ1n) is 10.8. The molecule has 0 fully saturated rings. The van der Waals surface area contributed by atoms with E-state index in [9.17, 15) is 5.11 Å². The van der Waals surface area contributed by atoms with Crippen LogP contribution in [0, 0.1) is 6.92 Å². The first kappa shape index (κ1) is 29.2. The van der Waals surface area contributed by atoms with Gasteiger partial charge in [0.2, 0.25) is 0 Å². The summed E-state index contributed by atoms with van der Waals surface area (Å²) in [5, 5.41) is 17.8. The quantitative estimate of drug-likeness (QED) is 0.359. The Bertz CT molecular complexity index is 856. The monoisotopic (exact) mass is 441 g/mol. The Kier molecular flexibility index (Phi) is 16.3. The molecule has 0 aliphatic rings. The van der Waals surface area contributed by atoms with Gasteiger partial charge in [-0.2, -0.15) is 0 Å². The normalized spacial score (nSPS) is 10.7. The number of hydrogen-bond donors (Lipinski definition) is 3. The highest BCUT2D eigenvalue weighted by atomic mass is 16.3. The van der Waals surface area contributed by atoms with E-state index >= 15 is 0 Å². The molecule has 0 amide bonds. The minimum absolute atomic E-state index is 0.642. The number of carbonyl (C=O) groups excluding carboxylic acids is 2. The van der Waals surface area contributed by atoms with Gasteiger partial charge in [-0.3, -0.25) is 5.32 Å². The van der Waals surface area contributed by atoms with Gasteiger partial charge in [0.25, 0.3) is 0 Å². The Labute approximate surface area is 192 Å². The molecule has 0 spiro atoms. The molecule has 1 atom stereocenters. The molecule has 32 heavy (non-hydrogen) atoms. The highest BCUT2D eigenvalue weighted by Gasteiger charge is 2.13. The fourth-order valence-corrected chi connectivity index (χ4v) is 3.15. The van der Waals surface area contributed by atoms with E-state index in [2.05, 4.69) is 60.9 Å². The lowest BCUT2D eigenvalue weighted by Gasteiger charge is -2.14. The maximum absolute atomic E-state index is 10.4. The molecule has 1 heterocycles. The van der Waals surface area contributed by atoms with Crippen LogP contribution >= 0.6 is 0 Å². The van der Waals surface area contributed by atoms with Crippen LogP contribution in [0.15, 0.2) is 54.6 Å². The molecule has 0 saturated heterocycles. The van der Waals surface area contributed by atoms with Crippen molar-refractivity contribution in [3.8, 4) is 0 Å². The largest absolute Gasteiger partial charge is 0.373 e. The molecule has 2 aromatic carbocycles. The van der Waals surface area contributed by atoms with Gasteiger partial charge in [0, 0.05) is 19.1 Å². The smallest absolute Gasteiger partial charge is 0.146 e. The Morgan fingerprint density at radius 3 is 2.19 bits per heavy atom. The van der Waals surface area contributed by atoms with E-state index in [1.165, 1.54) is 36.9 Å². The Morgan fingerprint density at radius 2 is 1.62 bits per heavy atom. The molecular weight excluding hydrogens is 402 g/mol. The summed E-state index contributed by atoms with van der Waals surface area (Å²) in [5.41, 5.74) is 4.42. The number of fused-ring (bicyclic) bond motifs is 1. The molecule has 6 nitrogen and oxygen atoms in total. The van der Waals surface area contributed by atoms with Gasteiger partial charge in [-0.15, -0.1) is 0 Å². The van der Waals surface area contributed by atoms with E-state index < -0.39 is 6.23 Å². The SMILES string of the molecule is C=O.C=O.CCCCCNC.Cc1ccc(CNC(O)c2cc3ccccc3n2C)cc1. The van der Waals surface area contributed by atoms with Crippen molar-refractivity contribution in [1.82, 2.24) is 15.2 Å². The van der Waals surface area contributed by atoms with Crippen molar-refractivity contribution in [3.05, 3.63) is 71.4 Å². The second-order valence-corrected chi connectivity index (χ2v) is 7.27. The summed E-state index contributed by atoms with van der Waals surface area (Å²) in [6.45, 7) is 10.1. The zero-order valence-corrected chi connectivity index (χ0v) is 19.9. The van der Waals surface area contributed by atoms with Gasteiger partial charge < -0.3 is 24.6 Å². The van der Waals surface area contributed by atoms with E-state index in [-0.39, 0.29) is 0 Å². The number of nitrogens with zero attached hydrogens (tertiary/aromatic N) is 1. The number of aliphatic hydroxyl groups is 1. The average Bonchev–Trinajstić information content (AvgIpc) is 3.18. The van der Waals surface area contributed by atoms with E-state index in [0.29, 0.717) is 6.54 Å². The van der Waals surface area contributed by atoms with E-state index in [4.69, 9.17) is 9.59 Å². The molecular formula is C26H39N3O3. The van der Waals surface area contributed by atoms with Gasteiger partial charge in [-0.1, -0.05) is 67.8 Å². The topological polar surface area (TPSA) is 83.4 Å². The molecule has 1 unspecified atom stereocenters. The van der Waals surface area contributed by atoms with Gasteiger partial charge in [0.05, 0.1) is 5.69 Å². The van der Waals surface area contributed by atoms with Crippen LogP contribution in [0.5, 0.6) is 0 Å². The lowest BCUT2D eigenvalue weighted by atomic mass is 10.1. The fourth-order valence-electron chi connectivity index (χ4n) is 3.15. The lowest BCUT2D eigenvalue weighted by molar-refractivity contribution is -0.0987. The lowest BCUT2D eigenvalue weighted by Crippen LogP contribution is -2.22. The molecule has 3 aromatic rings. The zero-order chi connectivity index (χ0) is 24.4. The van der Waals surface area contributed by atoms with Gasteiger partial charge in [-0.25, -0.2) is 0 Å². The summed E-state index contributed by atoms with van der Waals surface area (Å²) in [6.07, 6.45) is 3.33. The molecule has 176 valence electrons. The standard InChI is InChI=1S/C18H20N2O.C6H15N.2CH2O/c1-13-7-9-14(10-8-13)12-19-18(21)17-11-15-5-3-4-6-16(15)20(17)2;1-3-4-5-6-7-2;2*1-2/h3-11,18-19,21H,12H2,1-2H3;7H,3-6H2,1-2H3;2*1H2. The molecule has 0 aliphatic heterocycles. The highest BCUT2D eigenvalue weighted by molar-refractivity contribution is 5.81. The molecule has 3 rings (SSSR count). The van der Waals surface area contributed by atoms with Crippen molar-refractivity contribution in [1.29, 1.82) is 0 Å². The first-order chi connectivity index (χ1) is 15.6. The van der Waals surface area contributed by atoms with E-state index in [1.807, 2.05) is 50.4 Å². The molecule has 0 saturated carbocycles. The molecule has 0 radical (unpaired) electrons. The summed E-state index contributed by atoms with van der Waals surface area (Å²) >= 11 is 0. The summed E-state index contributed by atoms with van der Waals surface area (Å²) in [4.78, 5) is 16.0. The number of aromatic nitrogens is 1. The van der Waals surface area contributed by atoms with E-state index in [1.54, 1.807) is 0 Å². The van der Waals surface area contributed by atoms with Crippen LogP contribution in [0.25, 0.3) is 10.9 Å². The number of para-hydroxylation sites is 1. The second kappa shape index (κ2) is 17.8. The minimum atomic E-state index is -0.677. The number of carbonyl (C=O) groups is 2. The van der Waals surface area contributed by atoms with Crippen LogP contribution in [0.1, 0.15) is 49.2 Å². The van der Waals surface area contributed by atoms with Gasteiger partial charge in [0.15, 0.2) is 0 Å². The third kappa shape index (κ3) is 10.0. The Balaban J connectivity index is 0.000000743. The van der Waals surface area contributed by atoms with Gasteiger partial charge in [-0.05, 0) is 50.0 Å². The van der Waals surface area contributed by atoms with E-state index in [0.717, 1.165) is 16.6 Å². The number of aryl methyl sites for hydroxylation is 2. The number of benzene rings is 2. The summed E-state index contributed by atoms with van der Waals surface area (Å²) < 4.78 is 2.03. The summed E-state index contributed by atoms with van der Waals surface area (Å²) in [6, 6.07) is 18.5. The minimum Gasteiger partial charge on any atom is -0.373 e. The third-order valence-corrected chi connectivity index (χ3v) is 4.92. The first-order valence-corrected chi connectivity index (χ1v) is 10.8. The molecule has 6 heteroatoms. The number of hydrogen-bond acceptors (Lipinski definition) is 5. The predicted octanol–water partition coefficient (Wildman–Crippen LogP) is 4.29. The van der Waals surface area contributed by atoms with Crippen molar-refractivity contribution in [3.63, 3.8) is 0 Å². The maximum Gasteiger partial charge on any atom is 0.146 e. The fraction of sp³-hybridized carbons (Fsp3) is 0.385. The van der Waals surface area contributed by atoms with Crippen molar-refractivity contribution in [2.24, 2.45) is 7.05 Å². The van der Waals surface area contributed by atoms with Crippen LogP contribution in [0.2, 0.25) is 0 Å². The van der Waals surface area contributed by atoms with Crippen LogP contribution in [0.3, 0.4) is 0 Å². The maximum atomic E-state index is 10.4. The molecule has 0 bridgehead atoms. The molecule has 1 aromatic heterocycles. The summed E-state index contributed by atoms with van der Waals surface area (Å²) in [5.74, 6) is 0.